The maximum atomic E-state index is 12.1. The van der Waals surface area contributed by atoms with E-state index in [1.807, 2.05) is 37.2 Å². The second-order valence-electron chi connectivity index (χ2n) is 6.40. The van der Waals surface area contributed by atoms with E-state index in [0.717, 1.165) is 43.9 Å². The van der Waals surface area contributed by atoms with Crippen molar-refractivity contribution < 1.29 is 9.53 Å². The van der Waals surface area contributed by atoms with Crippen LogP contribution in [0.1, 0.15) is 38.6 Å². The summed E-state index contributed by atoms with van der Waals surface area (Å²) >= 11 is 1.69. The van der Waals surface area contributed by atoms with Crippen LogP contribution in [0.5, 0.6) is 0 Å². The number of rotatable bonds is 4. The molecule has 2 rings (SSSR count). The lowest BCUT2D eigenvalue weighted by atomic mass is 10.1. The Balaban J connectivity index is 1.74. The Labute approximate surface area is 130 Å². The van der Waals surface area contributed by atoms with E-state index < -0.39 is 5.60 Å². The summed E-state index contributed by atoms with van der Waals surface area (Å²) in [6.45, 7) is 8.13. The molecular weight excluding hydrogens is 286 g/mol. The predicted molar refractivity (Wildman–Crippen MR) is 84.6 cm³/mol. The number of nitrogens with zero attached hydrogens (tertiary/aromatic N) is 2. The van der Waals surface area contributed by atoms with E-state index >= 15 is 0 Å². The Hall–Kier alpha value is -1.14. The van der Waals surface area contributed by atoms with E-state index in [-0.39, 0.29) is 6.09 Å². The first-order chi connectivity index (χ1) is 9.94. The zero-order chi connectivity index (χ0) is 15.3. The molecule has 1 atom stereocenters. The van der Waals surface area contributed by atoms with Gasteiger partial charge in [0, 0.05) is 43.7 Å². The first kappa shape index (κ1) is 16.2. The fourth-order valence-electron chi connectivity index (χ4n) is 2.40. The lowest BCUT2D eigenvalue weighted by molar-refractivity contribution is 0.0188. The van der Waals surface area contributed by atoms with Crippen LogP contribution in [-0.4, -0.2) is 47.3 Å². The lowest BCUT2D eigenvalue weighted by Crippen LogP contribution is -2.49. The van der Waals surface area contributed by atoms with Gasteiger partial charge in [0.05, 0.1) is 5.01 Å². The van der Waals surface area contributed by atoms with Gasteiger partial charge in [-0.2, -0.15) is 0 Å². The van der Waals surface area contributed by atoms with Gasteiger partial charge in [-0.3, -0.25) is 0 Å². The summed E-state index contributed by atoms with van der Waals surface area (Å²) in [7, 11) is 0. The Bertz CT molecular complexity index is 442. The van der Waals surface area contributed by atoms with Gasteiger partial charge in [-0.15, -0.1) is 11.3 Å². The Kier molecular flexibility index (Phi) is 5.58. The smallest absolute Gasteiger partial charge is 0.410 e. The summed E-state index contributed by atoms with van der Waals surface area (Å²) in [4.78, 5) is 18.2. The van der Waals surface area contributed by atoms with Crippen LogP contribution in [0.2, 0.25) is 0 Å². The maximum Gasteiger partial charge on any atom is 0.410 e. The highest BCUT2D eigenvalue weighted by atomic mass is 32.1. The van der Waals surface area contributed by atoms with Gasteiger partial charge in [-0.1, -0.05) is 0 Å². The fourth-order valence-corrected chi connectivity index (χ4v) is 3.02. The zero-order valence-electron chi connectivity index (χ0n) is 13.1. The second kappa shape index (κ2) is 7.22. The molecule has 21 heavy (non-hydrogen) atoms. The molecule has 1 aromatic rings. The highest BCUT2D eigenvalue weighted by Crippen LogP contribution is 2.15. The van der Waals surface area contributed by atoms with E-state index in [1.165, 1.54) is 0 Å². The van der Waals surface area contributed by atoms with Crippen molar-refractivity contribution in [3.63, 3.8) is 0 Å². The molecule has 1 N–H and O–H groups in total. The molecule has 6 heteroatoms. The molecule has 1 aliphatic heterocycles. The SMILES string of the molecule is CC(C)(C)OC(=O)N1CCCC(NCCc2nccs2)C1. The summed E-state index contributed by atoms with van der Waals surface area (Å²) in [5.74, 6) is 0. The van der Waals surface area contributed by atoms with Crippen LogP contribution in [-0.2, 0) is 11.2 Å². The van der Waals surface area contributed by atoms with Gasteiger partial charge in [0.15, 0.2) is 0 Å². The van der Waals surface area contributed by atoms with Gasteiger partial charge in [-0.25, -0.2) is 9.78 Å². The number of carbonyl (C=O) groups excluding carboxylic acids is 1. The third kappa shape index (κ3) is 5.63. The largest absolute Gasteiger partial charge is 0.444 e. The molecule has 0 aliphatic carbocycles. The van der Waals surface area contributed by atoms with Crippen LogP contribution < -0.4 is 5.32 Å². The van der Waals surface area contributed by atoms with Crippen LogP contribution in [0, 0.1) is 0 Å². The Morgan fingerprint density at radius 1 is 1.57 bits per heavy atom. The number of aromatic nitrogens is 1. The molecule has 118 valence electrons. The third-order valence-electron chi connectivity index (χ3n) is 3.33. The summed E-state index contributed by atoms with van der Waals surface area (Å²) in [5, 5.41) is 6.68. The molecular formula is C15H25N3O2S. The number of nitrogens with one attached hydrogen (secondary N) is 1. The van der Waals surface area contributed by atoms with E-state index in [4.69, 9.17) is 4.74 Å². The maximum absolute atomic E-state index is 12.1. The zero-order valence-corrected chi connectivity index (χ0v) is 13.9. The summed E-state index contributed by atoms with van der Waals surface area (Å²) < 4.78 is 5.44. The topological polar surface area (TPSA) is 54.5 Å². The highest BCUT2D eigenvalue weighted by Gasteiger charge is 2.27. The summed E-state index contributed by atoms with van der Waals surface area (Å²) in [6, 6.07) is 0.353. The van der Waals surface area contributed by atoms with Crippen molar-refractivity contribution in [3.8, 4) is 0 Å². The van der Waals surface area contributed by atoms with E-state index in [9.17, 15) is 4.79 Å². The van der Waals surface area contributed by atoms with Gasteiger partial charge in [0.2, 0.25) is 0 Å². The van der Waals surface area contributed by atoms with Crippen LogP contribution in [0.25, 0.3) is 0 Å². The molecule has 1 amide bonds. The van der Waals surface area contributed by atoms with E-state index in [0.29, 0.717) is 6.04 Å². The van der Waals surface area contributed by atoms with Gasteiger partial charge >= 0.3 is 6.09 Å². The number of likely N-dealkylation sites (tertiary alicyclic amines) is 1. The predicted octanol–water partition coefficient (Wildman–Crippen LogP) is 2.67. The number of amides is 1. The lowest BCUT2D eigenvalue weighted by Gasteiger charge is -2.34. The minimum Gasteiger partial charge on any atom is -0.444 e. The molecule has 5 nitrogen and oxygen atoms in total. The van der Waals surface area contributed by atoms with Gasteiger partial charge in [0.1, 0.15) is 5.60 Å². The van der Waals surface area contributed by atoms with Crippen LogP contribution in [0.15, 0.2) is 11.6 Å². The second-order valence-corrected chi connectivity index (χ2v) is 7.37. The minimum atomic E-state index is -0.428. The normalized spacial score (nSPS) is 19.6. The Morgan fingerprint density at radius 3 is 3.05 bits per heavy atom. The molecule has 0 aromatic carbocycles. The molecule has 2 heterocycles. The molecule has 1 saturated heterocycles. The summed E-state index contributed by atoms with van der Waals surface area (Å²) in [6.07, 6.45) is 4.71. The average Bonchev–Trinajstić information content (AvgIpc) is 2.90. The molecule has 1 unspecified atom stereocenters. The highest BCUT2D eigenvalue weighted by molar-refractivity contribution is 7.09. The monoisotopic (exact) mass is 311 g/mol. The van der Waals surface area contributed by atoms with E-state index in [2.05, 4.69) is 10.3 Å². The van der Waals surface area contributed by atoms with Crippen molar-refractivity contribution in [2.45, 2.75) is 51.7 Å². The van der Waals surface area contributed by atoms with Crippen LogP contribution in [0.4, 0.5) is 4.79 Å². The molecule has 0 bridgehead atoms. The number of piperidine rings is 1. The first-order valence-electron chi connectivity index (χ1n) is 7.54. The molecule has 0 spiro atoms. The molecule has 0 radical (unpaired) electrons. The third-order valence-corrected chi connectivity index (χ3v) is 4.17. The molecule has 0 saturated carbocycles. The van der Waals surface area contributed by atoms with Crippen molar-refractivity contribution in [2.75, 3.05) is 19.6 Å². The minimum absolute atomic E-state index is 0.200. The van der Waals surface area contributed by atoms with Crippen LogP contribution in [0.3, 0.4) is 0 Å². The molecule has 1 fully saturated rings. The van der Waals surface area contributed by atoms with Crippen molar-refractivity contribution in [1.82, 2.24) is 15.2 Å². The first-order valence-corrected chi connectivity index (χ1v) is 8.42. The van der Waals surface area contributed by atoms with Gasteiger partial charge in [-0.05, 0) is 33.6 Å². The van der Waals surface area contributed by atoms with Gasteiger partial charge in [0.25, 0.3) is 0 Å². The number of hydrogen-bond donors (Lipinski definition) is 1. The quantitative estimate of drug-likeness (QED) is 0.929. The molecule has 1 aliphatic rings. The number of carbonyl (C=O) groups is 1. The Morgan fingerprint density at radius 2 is 2.38 bits per heavy atom. The van der Waals surface area contributed by atoms with Crippen molar-refractivity contribution in [1.29, 1.82) is 0 Å². The number of thiazole rings is 1. The van der Waals surface area contributed by atoms with Crippen molar-refractivity contribution >= 4 is 17.4 Å². The average molecular weight is 311 g/mol. The standard InChI is InChI=1S/C15H25N3O2S/c1-15(2,3)20-14(19)18-9-4-5-12(11-18)16-7-6-13-17-8-10-21-13/h8,10,12,16H,4-7,9,11H2,1-3H3. The van der Waals surface area contributed by atoms with Crippen molar-refractivity contribution in [3.05, 3.63) is 16.6 Å². The van der Waals surface area contributed by atoms with Crippen LogP contribution >= 0.6 is 11.3 Å². The summed E-state index contributed by atoms with van der Waals surface area (Å²) in [5.41, 5.74) is -0.428. The fraction of sp³-hybridized carbons (Fsp3) is 0.733. The van der Waals surface area contributed by atoms with E-state index in [1.54, 1.807) is 11.3 Å². The number of ether oxygens (including phenoxy) is 1. The van der Waals surface area contributed by atoms with Gasteiger partial charge < -0.3 is 15.0 Å². The molecule has 1 aromatic heterocycles. The van der Waals surface area contributed by atoms with Crippen molar-refractivity contribution in [2.24, 2.45) is 0 Å². The number of hydrogen-bond acceptors (Lipinski definition) is 5.